The van der Waals surface area contributed by atoms with Gasteiger partial charge in [-0.1, -0.05) is 12.5 Å². The molecule has 0 spiro atoms. The number of aryl methyl sites for hydroxylation is 1. The highest BCUT2D eigenvalue weighted by molar-refractivity contribution is 14.0. The van der Waals surface area contributed by atoms with E-state index in [9.17, 15) is 0 Å². The predicted octanol–water partition coefficient (Wildman–Crippen LogP) is 2.91. The maximum Gasteiger partial charge on any atom is 0.191 e. The summed E-state index contributed by atoms with van der Waals surface area (Å²) < 4.78 is 10.6. The van der Waals surface area contributed by atoms with E-state index in [-0.39, 0.29) is 24.0 Å². The van der Waals surface area contributed by atoms with Crippen LogP contribution in [0, 0.1) is 0 Å². The summed E-state index contributed by atoms with van der Waals surface area (Å²) in [6, 6.07) is 6.10. The summed E-state index contributed by atoms with van der Waals surface area (Å²) in [7, 11) is 5.15. The molecular weight excluding hydrogens is 455 g/mol. The number of guanidine groups is 1. The van der Waals surface area contributed by atoms with Crippen molar-refractivity contribution in [3.8, 4) is 11.5 Å². The van der Waals surface area contributed by atoms with Crippen molar-refractivity contribution >= 4 is 29.9 Å². The van der Waals surface area contributed by atoms with E-state index in [4.69, 9.17) is 9.47 Å². The zero-order valence-corrected chi connectivity index (χ0v) is 19.3. The SMILES string of the molecule is CN=C(NCCCc1ccc(OC)c(OC)c1)NCCN1CCCCC1.I. The Balaban J connectivity index is 0.00000364. The molecule has 0 radical (unpaired) electrons. The topological polar surface area (TPSA) is 58.1 Å². The van der Waals surface area contributed by atoms with Gasteiger partial charge in [0.1, 0.15) is 0 Å². The second-order valence-corrected chi connectivity index (χ2v) is 6.62. The Hall–Kier alpha value is -1.22. The van der Waals surface area contributed by atoms with Crippen molar-refractivity contribution in [2.75, 3.05) is 54.0 Å². The molecular formula is C20H35IN4O2. The van der Waals surface area contributed by atoms with E-state index >= 15 is 0 Å². The Morgan fingerprint density at radius 3 is 2.41 bits per heavy atom. The van der Waals surface area contributed by atoms with Crippen LogP contribution in [-0.2, 0) is 6.42 Å². The highest BCUT2D eigenvalue weighted by Crippen LogP contribution is 2.27. The van der Waals surface area contributed by atoms with E-state index in [1.165, 1.54) is 37.9 Å². The van der Waals surface area contributed by atoms with Gasteiger partial charge in [-0.25, -0.2) is 0 Å². The maximum absolute atomic E-state index is 5.36. The van der Waals surface area contributed by atoms with E-state index in [1.807, 2.05) is 19.2 Å². The van der Waals surface area contributed by atoms with Crippen LogP contribution in [-0.4, -0.2) is 64.9 Å². The quantitative estimate of drug-likeness (QED) is 0.241. The molecule has 0 atom stereocenters. The molecule has 0 aromatic heterocycles. The molecule has 1 aliphatic heterocycles. The lowest BCUT2D eigenvalue weighted by molar-refractivity contribution is 0.232. The number of piperidine rings is 1. The van der Waals surface area contributed by atoms with Gasteiger partial charge >= 0.3 is 0 Å². The van der Waals surface area contributed by atoms with E-state index in [0.29, 0.717) is 0 Å². The van der Waals surface area contributed by atoms with Crippen LogP contribution in [0.5, 0.6) is 11.5 Å². The molecule has 1 saturated heterocycles. The predicted molar refractivity (Wildman–Crippen MR) is 123 cm³/mol. The molecule has 0 aliphatic carbocycles. The van der Waals surface area contributed by atoms with E-state index < -0.39 is 0 Å². The number of aliphatic imine (C=N–C) groups is 1. The summed E-state index contributed by atoms with van der Waals surface area (Å²) >= 11 is 0. The van der Waals surface area contributed by atoms with Crippen LogP contribution in [0.4, 0.5) is 0 Å². The van der Waals surface area contributed by atoms with Crippen molar-refractivity contribution in [3.05, 3.63) is 23.8 Å². The van der Waals surface area contributed by atoms with Gasteiger partial charge in [-0.05, 0) is 56.5 Å². The smallest absolute Gasteiger partial charge is 0.191 e. The number of hydrogen-bond donors (Lipinski definition) is 2. The molecule has 0 amide bonds. The summed E-state index contributed by atoms with van der Waals surface area (Å²) in [4.78, 5) is 6.83. The summed E-state index contributed by atoms with van der Waals surface area (Å²) in [5, 5.41) is 6.80. The van der Waals surface area contributed by atoms with Gasteiger partial charge < -0.3 is 25.0 Å². The van der Waals surface area contributed by atoms with Crippen molar-refractivity contribution in [2.24, 2.45) is 4.99 Å². The Morgan fingerprint density at radius 2 is 1.74 bits per heavy atom. The lowest BCUT2D eigenvalue weighted by Crippen LogP contribution is -2.42. The van der Waals surface area contributed by atoms with Crippen molar-refractivity contribution in [1.82, 2.24) is 15.5 Å². The van der Waals surface area contributed by atoms with Crippen molar-refractivity contribution in [3.63, 3.8) is 0 Å². The fourth-order valence-electron chi connectivity index (χ4n) is 3.27. The van der Waals surface area contributed by atoms with Gasteiger partial charge in [0, 0.05) is 26.7 Å². The molecule has 1 aromatic carbocycles. The number of nitrogens with one attached hydrogen (secondary N) is 2. The number of rotatable bonds is 9. The molecule has 1 fully saturated rings. The average Bonchev–Trinajstić information content (AvgIpc) is 2.70. The minimum Gasteiger partial charge on any atom is -0.493 e. The van der Waals surface area contributed by atoms with Crippen LogP contribution < -0.4 is 20.1 Å². The third-order valence-electron chi connectivity index (χ3n) is 4.78. The van der Waals surface area contributed by atoms with Crippen LogP contribution in [0.1, 0.15) is 31.2 Å². The molecule has 0 saturated carbocycles. The first-order valence-electron chi connectivity index (χ1n) is 9.64. The van der Waals surface area contributed by atoms with Gasteiger partial charge in [-0.2, -0.15) is 0 Å². The first-order valence-corrected chi connectivity index (χ1v) is 9.64. The zero-order valence-electron chi connectivity index (χ0n) is 16.9. The lowest BCUT2D eigenvalue weighted by atomic mass is 10.1. The third kappa shape index (κ3) is 8.55. The molecule has 1 heterocycles. The average molecular weight is 490 g/mol. The number of likely N-dealkylation sites (tertiary alicyclic amines) is 1. The normalized spacial score (nSPS) is 15.0. The summed E-state index contributed by atoms with van der Waals surface area (Å²) in [6.45, 7) is 5.39. The van der Waals surface area contributed by atoms with Gasteiger partial charge in [0.05, 0.1) is 14.2 Å². The van der Waals surface area contributed by atoms with Gasteiger partial charge in [-0.3, -0.25) is 4.99 Å². The molecule has 0 bridgehead atoms. The highest BCUT2D eigenvalue weighted by Gasteiger charge is 2.09. The van der Waals surface area contributed by atoms with Crippen LogP contribution in [0.2, 0.25) is 0 Å². The Bertz CT molecular complexity index is 563. The first kappa shape index (κ1) is 23.8. The van der Waals surface area contributed by atoms with Crippen molar-refractivity contribution in [2.45, 2.75) is 32.1 Å². The highest BCUT2D eigenvalue weighted by atomic mass is 127. The minimum atomic E-state index is 0. The third-order valence-corrected chi connectivity index (χ3v) is 4.78. The number of benzene rings is 1. The summed E-state index contributed by atoms with van der Waals surface area (Å²) in [5.41, 5.74) is 1.25. The molecule has 1 aromatic rings. The fourth-order valence-corrected chi connectivity index (χ4v) is 3.27. The number of ether oxygens (including phenoxy) is 2. The van der Waals surface area contributed by atoms with Gasteiger partial charge in [0.15, 0.2) is 17.5 Å². The zero-order chi connectivity index (χ0) is 18.6. The number of nitrogens with zero attached hydrogens (tertiary/aromatic N) is 2. The molecule has 2 N–H and O–H groups in total. The van der Waals surface area contributed by atoms with Crippen LogP contribution in [0.25, 0.3) is 0 Å². The molecule has 1 aliphatic rings. The largest absolute Gasteiger partial charge is 0.493 e. The number of methoxy groups -OCH3 is 2. The van der Waals surface area contributed by atoms with Crippen LogP contribution >= 0.6 is 24.0 Å². The van der Waals surface area contributed by atoms with E-state index in [2.05, 4.69) is 26.6 Å². The Morgan fingerprint density at radius 1 is 1.04 bits per heavy atom. The van der Waals surface area contributed by atoms with Gasteiger partial charge in [0.25, 0.3) is 0 Å². The van der Waals surface area contributed by atoms with Crippen molar-refractivity contribution in [1.29, 1.82) is 0 Å². The summed E-state index contributed by atoms with van der Waals surface area (Å²) in [6.07, 6.45) is 6.07. The Labute approximate surface area is 181 Å². The number of hydrogen-bond acceptors (Lipinski definition) is 4. The monoisotopic (exact) mass is 490 g/mol. The lowest BCUT2D eigenvalue weighted by Gasteiger charge is -2.26. The van der Waals surface area contributed by atoms with Crippen LogP contribution in [0.15, 0.2) is 23.2 Å². The Kier molecular flexibility index (Phi) is 12.2. The molecule has 154 valence electrons. The number of halogens is 1. The minimum absolute atomic E-state index is 0. The van der Waals surface area contributed by atoms with Crippen LogP contribution in [0.3, 0.4) is 0 Å². The molecule has 6 nitrogen and oxygen atoms in total. The molecule has 7 heteroatoms. The van der Waals surface area contributed by atoms with Crippen molar-refractivity contribution < 1.29 is 9.47 Å². The van der Waals surface area contributed by atoms with Gasteiger partial charge in [0.2, 0.25) is 0 Å². The maximum atomic E-state index is 5.36. The van der Waals surface area contributed by atoms with E-state index in [1.54, 1.807) is 14.2 Å². The van der Waals surface area contributed by atoms with Gasteiger partial charge in [-0.15, -0.1) is 24.0 Å². The second-order valence-electron chi connectivity index (χ2n) is 6.62. The fraction of sp³-hybridized carbons (Fsp3) is 0.650. The molecule has 27 heavy (non-hydrogen) atoms. The van der Waals surface area contributed by atoms with E-state index in [0.717, 1.165) is 49.9 Å². The first-order chi connectivity index (χ1) is 12.8. The summed E-state index contributed by atoms with van der Waals surface area (Å²) in [5.74, 6) is 2.44. The molecule has 0 unspecified atom stereocenters. The standard InChI is InChI=1S/C20H34N4O2.HI/c1-21-20(23-12-15-24-13-5-4-6-14-24)22-11-7-8-17-9-10-18(25-2)19(16-17)26-3;/h9-10,16H,4-8,11-15H2,1-3H3,(H2,21,22,23);1H. The molecule has 2 rings (SSSR count). The second kappa shape index (κ2) is 13.9.